The molecule has 1 rings (SSSR count). The first-order chi connectivity index (χ1) is 10.3. The van der Waals surface area contributed by atoms with E-state index in [-0.39, 0.29) is 5.91 Å². The van der Waals surface area contributed by atoms with E-state index in [1.807, 2.05) is 12.1 Å². The Balaban J connectivity index is 1.98. The van der Waals surface area contributed by atoms with Crippen molar-refractivity contribution in [3.63, 3.8) is 0 Å². The third kappa shape index (κ3) is 9.77. The van der Waals surface area contributed by atoms with Crippen LogP contribution in [0.15, 0.2) is 29.6 Å². The van der Waals surface area contributed by atoms with E-state index in [9.17, 15) is 4.79 Å². The minimum Gasteiger partial charge on any atom is -0.273 e. The van der Waals surface area contributed by atoms with Gasteiger partial charge in [0.05, 0.1) is 6.21 Å². The van der Waals surface area contributed by atoms with Gasteiger partial charge in [0.15, 0.2) is 0 Å². The lowest BCUT2D eigenvalue weighted by Gasteiger charge is -2.01. The van der Waals surface area contributed by atoms with Crippen molar-refractivity contribution in [3.8, 4) is 0 Å². The lowest BCUT2D eigenvalue weighted by atomic mass is 10.1. The highest BCUT2D eigenvalue weighted by atomic mass is 16.2. The standard InChI is InChI=1S/C17H27N3O/c1-2-3-4-5-6-7-8-9-10-17(21)20-19-15-16-11-13-18-14-12-16/h11-15H,2-10H2,1H3,(H,20,21)/b19-15+. The second-order valence-corrected chi connectivity index (χ2v) is 5.30. The van der Waals surface area contributed by atoms with Gasteiger partial charge in [-0.2, -0.15) is 5.10 Å². The van der Waals surface area contributed by atoms with E-state index in [1.165, 1.54) is 38.5 Å². The van der Waals surface area contributed by atoms with Crippen molar-refractivity contribution in [1.29, 1.82) is 0 Å². The molecule has 4 heteroatoms. The van der Waals surface area contributed by atoms with E-state index in [0.717, 1.165) is 18.4 Å². The molecule has 4 nitrogen and oxygen atoms in total. The zero-order valence-electron chi connectivity index (χ0n) is 13.1. The maximum absolute atomic E-state index is 11.6. The van der Waals surface area contributed by atoms with Crippen LogP contribution in [0.4, 0.5) is 0 Å². The Labute approximate surface area is 128 Å². The molecule has 1 heterocycles. The summed E-state index contributed by atoms with van der Waals surface area (Å²) < 4.78 is 0. The monoisotopic (exact) mass is 289 g/mol. The van der Waals surface area contributed by atoms with Crippen LogP contribution >= 0.6 is 0 Å². The SMILES string of the molecule is CCCCCCCCCCC(=O)N/N=C/c1ccncc1. The van der Waals surface area contributed by atoms with Gasteiger partial charge in [0.25, 0.3) is 0 Å². The van der Waals surface area contributed by atoms with Gasteiger partial charge in [-0.3, -0.25) is 9.78 Å². The Bertz CT molecular complexity index is 404. The van der Waals surface area contributed by atoms with Crippen molar-refractivity contribution in [1.82, 2.24) is 10.4 Å². The maximum Gasteiger partial charge on any atom is 0.240 e. The molecular weight excluding hydrogens is 262 g/mol. The molecule has 0 atom stereocenters. The van der Waals surface area contributed by atoms with Crippen LogP contribution in [0.5, 0.6) is 0 Å². The average molecular weight is 289 g/mol. The molecule has 0 saturated carbocycles. The number of amides is 1. The summed E-state index contributed by atoms with van der Waals surface area (Å²) in [5.41, 5.74) is 3.49. The minimum atomic E-state index is -0.00807. The topological polar surface area (TPSA) is 54.4 Å². The number of rotatable bonds is 11. The van der Waals surface area contributed by atoms with Crippen LogP contribution in [0, 0.1) is 0 Å². The van der Waals surface area contributed by atoms with Crippen LogP contribution in [0.25, 0.3) is 0 Å². The Morgan fingerprint density at radius 1 is 1.10 bits per heavy atom. The minimum absolute atomic E-state index is 0.00807. The van der Waals surface area contributed by atoms with Crippen molar-refractivity contribution >= 4 is 12.1 Å². The van der Waals surface area contributed by atoms with E-state index in [2.05, 4.69) is 22.4 Å². The first kappa shape index (κ1) is 17.3. The van der Waals surface area contributed by atoms with Gasteiger partial charge >= 0.3 is 0 Å². The summed E-state index contributed by atoms with van der Waals surface area (Å²) in [6.07, 6.45) is 15.5. The first-order valence-corrected chi connectivity index (χ1v) is 8.05. The van der Waals surface area contributed by atoms with Gasteiger partial charge in [0.2, 0.25) is 5.91 Å². The molecule has 116 valence electrons. The van der Waals surface area contributed by atoms with Gasteiger partial charge in [0.1, 0.15) is 0 Å². The van der Waals surface area contributed by atoms with Crippen LogP contribution in [-0.2, 0) is 4.79 Å². The molecule has 0 spiro atoms. The number of hydrogen-bond acceptors (Lipinski definition) is 3. The maximum atomic E-state index is 11.6. The normalized spacial score (nSPS) is 10.9. The molecule has 1 amide bonds. The Morgan fingerprint density at radius 2 is 1.71 bits per heavy atom. The highest BCUT2D eigenvalue weighted by Crippen LogP contribution is 2.09. The van der Waals surface area contributed by atoms with Crippen LogP contribution in [0.1, 0.15) is 70.3 Å². The van der Waals surface area contributed by atoms with E-state index in [4.69, 9.17) is 0 Å². The fourth-order valence-corrected chi connectivity index (χ4v) is 2.10. The van der Waals surface area contributed by atoms with Gasteiger partial charge in [-0.05, 0) is 24.1 Å². The van der Waals surface area contributed by atoms with Crippen LogP contribution in [0.3, 0.4) is 0 Å². The third-order valence-corrected chi connectivity index (χ3v) is 3.37. The molecule has 1 N–H and O–H groups in total. The summed E-state index contributed by atoms with van der Waals surface area (Å²) >= 11 is 0. The summed E-state index contributed by atoms with van der Waals surface area (Å²) in [6, 6.07) is 3.68. The number of hydrogen-bond donors (Lipinski definition) is 1. The van der Waals surface area contributed by atoms with Crippen molar-refractivity contribution in [2.24, 2.45) is 5.10 Å². The second-order valence-electron chi connectivity index (χ2n) is 5.30. The molecule has 21 heavy (non-hydrogen) atoms. The highest BCUT2D eigenvalue weighted by Gasteiger charge is 1.99. The fraction of sp³-hybridized carbons (Fsp3) is 0.588. The van der Waals surface area contributed by atoms with E-state index in [0.29, 0.717) is 6.42 Å². The van der Waals surface area contributed by atoms with Crippen molar-refractivity contribution in [2.45, 2.75) is 64.7 Å². The largest absolute Gasteiger partial charge is 0.273 e. The van der Waals surface area contributed by atoms with E-state index in [1.54, 1.807) is 18.6 Å². The zero-order chi connectivity index (χ0) is 15.2. The summed E-state index contributed by atoms with van der Waals surface area (Å²) in [5, 5.41) is 3.94. The van der Waals surface area contributed by atoms with Crippen LogP contribution in [0.2, 0.25) is 0 Å². The number of nitrogens with one attached hydrogen (secondary N) is 1. The molecular formula is C17H27N3O. The molecule has 1 aromatic rings. The summed E-state index contributed by atoms with van der Waals surface area (Å²) in [5.74, 6) is -0.00807. The molecule has 1 aromatic heterocycles. The summed E-state index contributed by atoms with van der Waals surface area (Å²) in [4.78, 5) is 15.5. The molecule has 0 unspecified atom stereocenters. The van der Waals surface area contributed by atoms with Gasteiger partial charge in [-0.15, -0.1) is 0 Å². The predicted octanol–water partition coefficient (Wildman–Crippen LogP) is 4.06. The van der Waals surface area contributed by atoms with Gasteiger partial charge in [-0.25, -0.2) is 5.43 Å². The number of unbranched alkanes of at least 4 members (excludes halogenated alkanes) is 7. The van der Waals surface area contributed by atoms with Gasteiger partial charge < -0.3 is 0 Å². The Morgan fingerprint density at radius 3 is 2.38 bits per heavy atom. The summed E-state index contributed by atoms with van der Waals surface area (Å²) in [6.45, 7) is 2.23. The van der Waals surface area contributed by atoms with Crippen LogP contribution in [-0.4, -0.2) is 17.1 Å². The fourth-order valence-electron chi connectivity index (χ4n) is 2.10. The molecule has 0 bridgehead atoms. The molecule has 0 aliphatic carbocycles. The van der Waals surface area contributed by atoms with Crippen molar-refractivity contribution < 1.29 is 4.79 Å². The number of nitrogens with zero attached hydrogens (tertiary/aromatic N) is 2. The predicted molar refractivity (Wildman–Crippen MR) is 87.2 cm³/mol. The molecule has 0 aliphatic rings. The van der Waals surface area contributed by atoms with Gasteiger partial charge in [-0.1, -0.05) is 51.9 Å². The third-order valence-electron chi connectivity index (χ3n) is 3.37. The Hall–Kier alpha value is -1.71. The number of hydrazone groups is 1. The molecule has 0 aromatic carbocycles. The summed E-state index contributed by atoms with van der Waals surface area (Å²) in [7, 11) is 0. The number of aromatic nitrogens is 1. The Kier molecular flexibility index (Phi) is 9.96. The lowest BCUT2D eigenvalue weighted by molar-refractivity contribution is -0.121. The molecule has 0 saturated heterocycles. The highest BCUT2D eigenvalue weighted by molar-refractivity contribution is 5.82. The van der Waals surface area contributed by atoms with Crippen molar-refractivity contribution in [2.75, 3.05) is 0 Å². The average Bonchev–Trinajstić information content (AvgIpc) is 2.51. The number of carbonyl (C=O) groups is 1. The van der Waals surface area contributed by atoms with Gasteiger partial charge in [0, 0.05) is 18.8 Å². The number of carbonyl (C=O) groups excluding carboxylic acids is 1. The molecule has 0 aliphatic heterocycles. The van der Waals surface area contributed by atoms with Crippen molar-refractivity contribution in [3.05, 3.63) is 30.1 Å². The van der Waals surface area contributed by atoms with E-state index >= 15 is 0 Å². The lowest BCUT2D eigenvalue weighted by Crippen LogP contribution is -2.16. The van der Waals surface area contributed by atoms with E-state index < -0.39 is 0 Å². The zero-order valence-corrected chi connectivity index (χ0v) is 13.1. The molecule has 0 radical (unpaired) electrons. The second kappa shape index (κ2) is 12.1. The van der Waals surface area contributed by atoms with Crippen LogP contribution < -0.4 is 5.43 Å². The molecule has 0 fully saturated rings. The number of pyridine rings is 1. The smallest absolute Gasteiger partial charge is 0.240 e. The first-order valence-electron chi connectivity index (χ1n) is 8.05. The quantitative estimate of drug-likeness (QED) is 0.379.